The lowest BCUT2D eigenvalue weighted by Gasteiger charge is -2.20. The van der Waals surface area contributed by atoms with Gasteiger partial charge in [-0.3, -0.25) is 4.79 Å². The number of hydrogen-bond acceptors (Lipinski definition) is 2. The normalized spacial score (nSPS) is 12.2. The molecule has 0 radical (unpaired) electrons. The third-order valence-corrected chi connectivity index (χ3v) is 3.38. The molecule has 0 saturated carbocycles. The van der Waals surface area contributed by atoms with Crippen molar-refractivity contribution in [3.05, 3.63) is 35.9 Å². The molecule has 0 aliphatic rings. The van der Waals surface area contributed by atoms with E-state index in [4.69, 9.17) is 5.73 Å². The quantitative estimate of drug-likeness (QED) is 0.803. The van der Waals surface area contributed by atoms with Crippen molar-refractivity contribution in [2.24, 2.45) is 11.7 Å². The maximum Gasteiger partial charge on any atom is 0.222 e. The Morgan fingerprint density at radius 1 is 1.33 bits per heavy atom. The molecule has 18 heavy (non-hydrogen) atoms. The molecular formula is C15H24N2O. The molecule has 1 aromatic carbocycles. The van der Waals surface area contributed by atoms with Crippen LogP contribution in [0.5, 0.6) is 0 Å². The summed E-state index contributed by atoms with van der Waals surface area (Å²) >= 11 is 0. The molecule has 100 valence electrons. The summed E-state index contributed by atoms with van der Waals surface area (Å²) in [6.45, 7) is 3.44. The van der Waals surface area contributed by atoms with Crippen molar-refractivity contribution in [2.45, 2.75) is 26.2 Å². The smallest absolute Gasteiger partial charge is 0.222 e. The van der Waals surface area contributed by atoms with Gasteiger partial charge in [-0.1, -0.05) is 43.7 Å². The number of nitrogens with zero attached hydrogens (tertiary/aromatic N) is 1. The van der Waals surface area contributed by atoms with Crippen molar-refractivity contribution in [2.75, 3.05) is 20.1 Å². The molecule has 0 saturated heterocycles. The Morgan fingerprint density at radius 2 is 2.00 bits per heavy atom. The van der Waals surface area contributed by atoms with Crippen molar-refractivity contribution in [3.8, 4) is 0 Å². The van der Waals surface area contributed by atoms with Crippen LogP contribution in [0.25, 0.3) is 0 Å². The van der Waals surface area contributed by atoms with E-state index in [0.29, 0.717) is 18.9 Å². The zero-order valence-corrected chi connectivity index (χ0v) is 11.4. The third-order valence-electron chi connectivity index (χ3n) is 3.38. The molecule has 1 atom stereocenters. The van der Waals surface area contributed by atoms with Gasteiger partial charge in [0.1, 0.15) is 0 Å². The zero-order valence-electron chi connectivity index (χ0n) is 11.4. The number of likely N-dealkylation sites (N-methyl/N-ethyl adjacent to an activating group) is 1. The summed E-state index contributed by atoms with van der Waals surface area (Å²) in [5.41, 5.74) is 6.89. The summed E-state index contributed by atoms with van der Waals surface area (Å²) < 4.78 is 0. The van der Waals surface area contributed by atoms with Crippen molar-refractivity contribution in [1.29, 1.82) is 0 Å². The summed E-state index contributed by atoms with van der Waals surface area (Å²) in [5.74, 6) is 0.514. The summed E-state index contributed by atoms with van der Waals surface area (Å²) in [6.07, 6.45) is 2.44. The second-order valence-corrected chi connectivity index (χ2v) is 4.76. The molecule has 0 spiro atoms. The Labute approximate surface area is 110 Å². The minimum Gasteiger partial charge on any atom is -0.345 e. The fourth-order valence-electron chi connectivity index (χ4n) is 1.86. The Kier molecular flexibility index (Phi) is 6.44. The predicted octanol–water partition coefficient (Wildman–Crippen LogP) is 2.06. The van der Waals surface area contributed by atoms with Crippen molar-refractivity contribution in [3.63, 3.8) is 0 Å². The van der Waals surface area contributed by atoms with E-state index in [-0.39, 0.29) is 5.91 Å². The average molecular weight is 248 g/mol. The highest BCUT2D eigenvalue weighted by molar-refractivity contribution is 5.76. The maximum atomic E-state index is 12.0. The summed E-state index contributed by atoms with van der Waals surface area (Å²) in [5, 5.41) is 0. The predicted molar refractivity (Wildman–Crippen MR) is 75.2 cm³/mol. The zero-order chi connectivity index (χ0) is 13.4. The third kappa shape index (κ3) is 4.88. The number of amides is 1. The first-order valence-corrected chi connectivity index (χ1v) is 6.65. The Bertz CT molecular complexity index is 347. The molecule has 0 aliphatic heterocycles. The van der Waals surface area contributed by atoms with E-state index in [9.17, 15) is 4.79 Å². The number of rotatable bonds is 7. The monoisotopic (exact) mass is 248 g/mol. The van der Waals surface area contributed by atoms with Gasteiger partial charge in [0.2, 0.25) is 5.91 Å². The van der Waals surface area contributed by atoms with Crippen LogP contribution in [0.2, 0.25) is 0 Å². The highest BCUT2D eigenvalue weighted by Gasteiger charge is 2.14. The molecule has 0 heterocycles. The number of carbonyl (C=O) groups excluding carboxylic acids is 1. The first kappa shape index (κ1) is 14.7. The highest BCUT2D eigenvalue weighted by atomic mass is 16.2. The number of benzene rings is 1. The van der Waals surface area contributed by atoms with Gasteiger partial charge in [-0.05, 0) is 24.4 Å². The molecule has 1 aromatic rings. The van der Waals surface area contributed by atoms with Crippen LogP contribution < -0.4 is 5.73 Å². The molecule has 3 heteroatoms. The van der Waals surface area contributed by atoms with Gasteiger partial charge in [0, 0.05) is 20.0 Å². The highest BCUT2D eigenvalue weighted by Crippen LogP contribution is 2.09. The van der Waals surface area contributed by atoms with Crippen LogP contribution in [0, 0.1) is 5.92 Å². The van der Waals surface area contributed by atoms with Crippen LogP contribution in [-0.2, 0) is 11.2 Å². The SMILES string of the molecule is CCC(CN)CC(=O)N(C)CCc1ccccc1. The summed E-state index contributed by atoms with van der Waals surface area (Å²) in [7, 11) is 1.87. The molecule has 0 fully saturated rings. The topological polar surface area (TPSA) is 46.3 Å². The van der Waals surface area contributed by atoms with Gasteiger partial charge in [-0.25, -0.2) is 0 Å². The average Bonchev–Trinajstić information content (AvgIpc) is 2.42. The Morgan fingerprint density at radius 3 is 2.56 bits per heavy atom. The summed E-state index contributed by atoms with van der Waals surface area (Å²) in [4.78, 5) is 13.8. The number of nitrogens with two attached hydrogens (primary N) is 1. The van der Waals surface area contributed by atoms with Crippen LogP contribution in [0.3, 0.4) is 0 Å². The molecule has 3 nitrogen and oxygen atoms in total. The van der Waals surface area contributed by atoms with Gasteiger partial charge in [0.05, 0.1) is 0 Å². The van der Waals surface area contributed by atoms with Gasteiger partial charge in [-0.15, -0.1) is 0 Å². The van der Waals surface area contributed by atoms with Gasteiger partial charge in [-0.2, -0.15) is 0 Å². The lowest BCUT2D eigenvalue weighted by atomic mass is 10.0. The van der Waals surface area contributed by atoms with Crippen LogP contribution in [0.1, 0.15) is 25.3 Å². The fraction of sp³-hybridized carbons (Fsp3) is 0.533. The van der Waals surface area contributed by atoms with E-state index in [1.54, 1.807) is 0 Å². The second kappa shape index (κ2) is 7.88. The van der Waals surface area contributed by atoms with E-state index in [0.717, 1.165) is 19.4 Å². The molecular weight excluding hydrogens is 224 g/mol. The van der Waals surface area contributed by atoms with Crippen molar-refractivity contribution in [1.82, 2.24) is 4.90 Å². The lowest BCUT2D eigenvalue weighted by molar-refractivity contribution is -0.130. The molecule has 1 rings (SSSR count). The maximum absolute atomic E-state index is 12.0. The fourth-order valence-corrected chi connectivity index (χ4v) is 1.86. The van der Waals surface area contributed by atoms with E-state index >= 15 is 0 Å². The first-order valence-electron chi connectivity index (χ1n) is 6.65. The van der Waals surface area contributed by atoms with Gasteiger partial charge in [0.15, 0.2) is 0 Å². The van der Waals surface area contributed by atoms with Crippen LogP contribution in [-0.4, -0.2) is 30.9 Å². The molecule has 0 aliphatic carbocycles. The van der Waals surface area contributed by atoms with Gasteiger partial charge in [0.25, 0.3) is 0 Å². The number of carbonyl (C=O) groups is 1. The minimum absolute atomic E-state index is 0.197. The first-order chi connectivity index (χ1) is 8.67. The van der Waals surface area contributed by atoms with E-state index in [1.807, 2.05) is 30.1 Å². The van der Waals surface area contributed by atoms with Gasteiger partial charge < -0.3 is 10.6 Å². The molecule has 2 N–H and O–H groups in total. The van der Waals surface area contributed by atoms with E-state index < -0.39 is 0 Å². The molecule has 0 aromatic heterocycles. The molecule has 0 bridgehead atoms. The van der Waals surface area contributed by atoms with E-state index in [1.165, 1.54) is 5.56 Å². The molecule has 1 amide bonds. The lowest BCUT2D eigenvalue weighted by Crippen LogP contribution is -2.31. The summed E-state index contributed by atoms with van der Waals surface area (Å²) in [6, 6.07) is 10.2. The van der Waals surface area contributed by atoms with Crippen LogP contribution in [0.4, 0.5) is 0 Å². The van der Waals surface area contributed by atoms with Gasteiger partial charge >= 0.3 is 0 Å². The van der Waals surface area contributed by atoms with Crippen LogP contribution in [0.15, 0.2) is 30.3 Å². The Balaban J connectivity index is 2.36. The largest absolute Gasteiger partial charge is 0.345 e. The molecule has 1 unspecified atom stereocenters. The number of hydrogen-bond donors (Lipinski definition) is 1. The van der Waals surface area contributed by atoms with Crippen molar-refractivity contribution >= 4 is 5.91 Å². The standard InChI is InChI=1S/C15H24N2O/c1-3-13(12-16)11-15(18)17(2)10-9-14-7-5-4-6-8-14/h4-8,13H,3,9-12,16H2,1-2H3. The second-order valence-electron chi connectivity index (χ2n) is 4.76. The van der Waals surface area contributed by atoms with Crippen molar-refractivity contribution < 1.29 is 4.79 Å². The van der Waals surface area contributed by atoms with Crippen LogP contribution >= 0.6 is 0 Å². The Hall–Kier alpha value is -1.35. The minimum atomic E-state index is 0.197. The van der Waals surface area contributed by atoms with E-state index in [2.05, 4.69) is 19.1 Å².